The first kappa shape index (κ1) is 17.7. The second kappa shape index (κ2) is 7.82. The topological polar surface area (TPSA) is 92.5 Å². The second-order valence-electron chi connectivity index (χ2n) is 6.37. The van der Waals surface area contributed by atoms with Crippen LogP contribution < -0.4 is 11.1 Å². The number of nitrogens with one attached hydrogen (secondary N) is 1. The molecule has 3 N–H and O–H groups in total. The summed E-state index contributed by atoms with van der Waals surface area (Å²) < 4.78 is 0. The first-order valence-electron chi connectivity index (χ1n) is 8.59. The maximum Gasteiger partial charge on any atom is 0.255 e. The molecule has 0 aliphatic carbocycles. The Balaban J connectivity index is 1.66. The molecule has 3 amide bonds. The van der Waals surface area contributed by atoms with Gasteiger partial charge in [-0.15, -0.1) is 0 Å². The molecule has 1 heterocycles. The van der Waals surface area contributed by atoms with Crippen LogP contribution in [-0.4, -0.2) is 35.7 Å². The van der Waals surface area contributed by atoms with Crippen molar-refractivity contribution in [2.24, 2.45) is 11.7 Å². The first-order valence-corrected chi connectivity index (χ1v) is 8.59. The highest BCUT2D eigenvalue weighted by molar-refractivity contribution is 6.05. The highest BCUT2D eigenvalue weighted by atomic mass is 16.2. The van der Waals surface area contributed by atoms with E-state index in [-0.39, 0.29) is 23.6 Å². The van der Waals surface area contributed by atoms with Crippen LogP contribution in [0.15, 0.2) is 54.6 Å². The summed E-state index contributed by atoms with van der Waals surface area (Å²) in [4.78, 5) is 37.9. The van der Waals surface area contributed by atoms with Crippen LogP contribution in [-0.2, 0) is 4.79 Å². The van der Waals surface area contributed by atoms with Crippen LogP contribution in [0.5, 0.6) is 0 Å². The number of primary amides is 1. The average Bonchev–Trinajstić information content (AvgIpc) is 2.68. The highest BCUT2D eigenvalue weighted by Gasteiger charge is 2.26. The number of nitrogens with two attached hydrogens (primary N) is 1. The lowest BCUT2D eigenvalue weighted by atomic mass is 9.96. The van der Waals surface area contributed by atoms with Crippen LogP contribution in [0, 0.1) is 5.92 Å². The summed E-state index contributed by atoms with van der Waals surface area (Å²) in [5.41, 5.74) is 6.96. The highest BCUT2D eigenvalue weighted by Crippen LogP contribution is 2.20. The molecular formula is C20H21N3O3. The summed E-state index contributed by atoms with van der Waals surface area (Å²) in [6, 6.07) is 15.8. The fraction of sp³-hybridized carbons (Fsp3) is 0.250. The van der Waals surface area contributed by atoms with Gasteiger partial charge in [0.15, 0.2) is 0 Å². The molecule has 1 aliphatic rings. The number of likely N-dealkylation sites (tertiary alicyclic amines) is 1. The predicted octanol–water partition coefficient (Wildman–Crippen LogP) is 2.28. The van der Waals surface area contributed by atoms with Gasteiger partial charge in [-0.3, -0.25) is 14.4 Å². The summed E-state index contributed by atoms with van der Waals surface area (Å²) in [5.74, 6) is -0.792. The van der Waals surface area contributed by atoms with Gasteiger partial charge in [0.2, 0.25) is 5.91 Å². The number of nitrogens with zero attached hydrogens (tertiary/aromatic N) is 1. The normalized spacial score (nSPS) is 14.7. The van der Waals surface area contributed by atoms with Crippen molar-refractivity contribution >= 4 is 23.4 Å². The van der Waals surface area contributed by atoms with Crippen LogP contribution in [0.2, 0.25) is 0 Å². The zero-order valence-corrected chi connectivity index (χ0v) is 14.4. The van der Waals surface area contributed by atoms with Gasteiger partial charge in [0.25, 0.3) is 11.8 Å². The fourth-order valence-electron chi connectivity index (χ4n) is 3.07. The minimum atomic E-state index is -0.303. The molecule has 0 radical (unpaired) electrons. The van der Waals surface area contributed by atoms with Crippen LogP contribution in [0.4, 0.5) is 5.69 Å². The van der Waals surface area contributed by atoms with Crippen molar-refractivity contribution in [3.63, 3.8) is 0 Å². The van der Waals surface area contributed by atoms with Crippen molar-refractivity contribution < 1.29 is 14.4 Å². The number of anilines is 1. The first-order chi connectivity index (χ1) is 12.5. The average molecular weight is 351 g/mol. The van der Waals surface area contributed by atoms with E-state index in [1.54, 1.807) is 53.4 Å². The molecule has 26 heavy (non-hydrogen) atoms. The van der Waals surface area contributed by atoms with Gasteiger partial charge in [-0.1, -0.05) is 24.3 Å². The van der Waals surface area contributed by atoms with Gasteiger partial charge in [-0.05, 0) is 43.2 Å². The van der Waals surface area contributed by atoms with Crippen LogP contribution in [0.1, 0.15) is 33.6 Å². The molecule has 0 saturated carbocycles. The van der Waals surface area contributed by atoms with Gasteiger partial charge < -0.3 is 16.0 Å². The number of carbonyl (C=O) groups excluding carboxylic acids is 3. The number of rotatable bonds is 4. The van der Waals surface area contributed by atoms with E-state index in [2.05, 4.69) is 5.32 Å². The molecule has 6 heteroatoms. The van der Waals surface area contributed by atoms with Crippen molar-refractivity contribution in [2.75, 3.05) is 18.4 Å². The smallest absolute Gasteiger partial charge is 0.255 e. The minimum absolute atomic E-state index is 0.108. The summed E-state index contributed by atoms with van der Waals surface area (Å²) in [7, 11) is 0. The minimum Gasteiger partial charge on any atom is -0.369 e. The van der Waals surface area contributed by atoms with E-state index < -0.39 is 0 Å². The van der Waals surface area contributed by atoms with E-state index in [4.69, 9.17) is 5.73 Å². The lowest BCUT2D eigenvalue weighted by Gasteiger charge is -2.30. The Kier molecular flexibility index (Phi) is 5.31. The van der Waals surface area contributed by atoms with Crippen molar-refractivity contribution in [3.8, 4) is 0 Å². The van der Waals surface area contributed by atoms with Gasteiger partial charge in [-0.25, -0.2) is 0 Å². The fourth-order valence-corrected chi connectivity index (χ4v) is 3.07. The second-order valence-corrected chi connectivity index (χ2v) is 6.37. The molecule has 6 nitrogen and oxygen atoms in total. The Morgan fingerprint density at radius 1 is 0.923 bits per heavy atom. The molecule has 1 aliphatic heterocycles. The molecule has 0 spiro atoms. The number of hydrogen-bond donors (Lipinski definition) is 2. The van der Waals surface area contributed by atoms with Gasteiger partial charge in [-0.2, -0.15) is 0 Å². The van der Waals surface area contributed by atoms with E-state index in [0.29, 0.717) is 42.7 Å². The quantitative estimate of drug-likeness (QED) is 0.885. The van der Waals surface area contributed by atoms with E-state index in [1.165, 1.54) is 0 Å². The number of hydrogen-bond acceptors (Lipinski definition) is 3. The number of amides is 3. The molecule has 3 rings (SSSR count). The summed E-state index contributed by atoms with van der Waals surface area (Å²) >= 11 is 0. The molecule has 2 aromatic carbocycles. The van der Waals surface area contributed by atoms with Gasteiger partial charge in [0.05, 0.1) is 0 Å². The molecule has 1 saturated heterocycles. The lowest BCUT2D eigenvalue weighted by molar-refractivity contribution is -0.123. The Labute approximate surface area is 152 Å². The third-order valence-electron chi connectivity index (χ3n) is 4.59. The van der Waals surface area contributed by atoms with E-state index in [1.807, 2.05) is 6.07 Å². The largest absolute Gasteiger partial charge is 0.369 e. The van der Waals surface area contributed by atoms with Crippen molar-refractivity contribution in [1.82, 2.24) is 4.90 Å². The van der Waals surface area contributed by atoms with Crippen LogP contribution in [0.25, 0.3) is 0 Å². The molecule has 0 bridgehead atoms. The maximum atomic E-state index is 12.7. The third kappa shape index (κ3) is 4.08. The van der Waals surface area contributed by atoms with Crippen molar-refractivity contribution in [3.05, 3.63) is 65.7 Å². The molecule has 0 atom stereocenters. The number of piperidine rings is 1. The van der Waals surface area contributed by atoms with Crippen molar-refractivity contribution in [2.45, 2.75) is 12.8 Å². The summed E-state index contributed by atoms with van der Waals surface area (Å²) in [6.45, 7) is 1.01. The monoisotopic (exact) mass is 351 g/mol. The molecule has 1 fully saturated rings. The Morgan fingerprint density at radius 2 is 1.58 bits per heavy atom. The molecule has 2 aromatic rings. The Hall–Kier alpha value is -3.15. The van der Waals surface area contributed by atoms with E-state index in [0.717, 1.165) is 0 Å². The standard InChI is InChI=1S/C20H21N3O3/c21-18(24)14-9-11-23(12-10-14)20(26)16-7-4-8-17(13-16)22-19(25)15-5-2-1-3-6-15/h1-8,13-14H,9-12H2,(H2,21,24)(H,22,25). The van der Waals surface area contributed by atoms with Crippen LogP contribution >= 0.6 is 0 Å². The number of carbonyl (C=O) groups is 3. The third-order valence-corrected chi connectivity index (χ3v) is 4.59. The summed E-state index contributed by atoms with van der Waals surface area (Å²) in [6.07, 6.45) is 1.18. The zero-order chi connectivity index (χ0) is 18.5. The molecular weight excluding hydrogens is 330 g/mol. The van der Waals surface area contributed by atoms with E-state index in [9.17, 15) is 14.4 Å². The van der Waals surface area contributed by atoms with Gasteiger partial charge in [0, 0.05) is 35.8 Å². The zero-order valence-electron chi connectivity index (χ0n) is 14.4. The maximum absolute atomic E-state index is 12.7. The predicted molar refractivity (Wildman–Crippen MR) is 98.7 cm³/mol. The molecule has 0 aromatic heterocycles. The summed E-state index contributed by atoms with van der Waals surface area (Å²) in [5, 5.41) is 2.81. The Morgan fingerprint density at radius 3 is 2.23 bits per heavy atom. The SMILES string of the molecule is NC(=O)C1CCN(C(=O)c2cccc(NC(=O)c3ccccc3)c2)CC1. The molecule has 134 valence electrons. The van der Waals surface area contributed by atoms with Gasteiger partial charge in [0.1, 0.15) is 0 Å². The van der Waals surface area contributed by atoms with Crippen molar-refractivity contribution in [1.29, 1.82) is 0 Å². The lowest BCUT2D eigenvalue weighted by Crippen LogP contribution is -2.41. The van der Waals surface area contributed by atoms with E-state index >= 15 is 0 Å². The molecule has 0 unspecified atom stereocenters. The Bertz CT molecular complexity index is 812. The van der Waals surface area contributed by atoms with Crippen LogP contribution in [0.3, 0.4) is 0 Å². The number of benzene rings is 2. The van der Waals surface area contributed by atoms with Gasteiger partial charge >= 0.3 is 0 Å².